The van der Waals surface area contributed by atoms with E-state index in [0.29, 0.717) is 0 Å². The van der Waals surface area contributed by atoms with Crippen molar-refractivity contribution in [3.63, 3.8) is 0 Å². The van der Waals surface area contributed by atoms with Crippen LogP contribution in [0.2, 0.25) is 0 Å². The fourth-order valence-corrected chi connectivity index (χ4v) is 2.25. The van der Waals surface area contributed by atoms with Crippen LogP contribution < -0.4 is 5.32 Å². The summed E-state index contributed by atoms with van der Waals surface area (Å²) in [6.07, 6.45) is 3.72. The molecule has 1 unspecified atom stereocenters. The highest BCUT2D eigenvalue weighted by molar-refractivity contribution is 5.85. The van der Waals surface area contributed by atoms with Crippen LogP contribution in [0.25, 0.3) is 5.69 Å². The maximum absolute atomic E-state index is 5.63. The Kier molecular flexibility index (Phi) is 5.41. The SMILES string of the molecule is Cc1ccc(C(C)NCc2ccc(-n3cccn3)cc2)o1.Cl. The van der Waals surface area contributed by atoms with E-state index in [2.05, 4.69) is 41.6 Å². The van der Waals surface area contributed by atoms with Crippen LogP contribution in [0.5, 0.6) is 0 Å². The van der Waals surface area contributed by atoms with Crippen LogP contribution >= 0.6 is 12.4 Å². The van der Waals surface area contributed by atoms with Crippen molar-refractivity contribution in [2.75, 3.05) is 0 Å². The normalized spacial score (nSPS) is 11.9. The molecule has 3 rings (SSSR count). The Bertz CT molecular complexity index is 689. The van der Waals surface area contributed by atoms with Gasteiger partial charge in [-0.05, 0) is 49.7 Å². The zero-order valence-corrected chi connectivity index (χ0v) is 13.5. The van der Waals surface area contributed by atoms with Gasteiger partial charge in [-0.3, -0.25) is 0 Å². The highest BCUT2D eigenvalue weighted by Gasteiger charge is 2.08. The molecule has 4 nitrogen and oxygen atoms in total. The number of nitrogens with zero attached hydrogens (tertiary/aromatic N) is 2. The Morgan fingerprint density at radius 3 is 2.55 bits per heavy atom. The van der Waals surface area contributed by atoms with E-state index in [4.69, 9.17) is 4.42 Å². The average molecular weight is 318 g/mol. The minimum absolute atomic E-state index is 0. The Balaban J connectivity index is 0.00000176. The second-order valence-corrected chi connectivity index (χ2v) is 5.17. The Morgan fingerprint density at radius 1 is 1.18 bits per heavy atom. The summed E-state index contributed by atoms with van der Waals surface area (Å²) in [5, 5.41) is 7.69. The summed E-state index contributed by atoms with van der Waals surface area (Å²) < 4.78 is 7.48. The molecule has 0 bridgehead atoms. The monoisotopic (exact) mass is 317 g/mol. The number of aryl methyl sites for hydroxylation is 1. The summed E-state index contributed by atoms with van der Waals surface area (Å²) in [6.45, 7) is 4.88. The zero-order valence-electron chi connectivity index (χ0n) is 12.7. The minimum Gasteiger partial charge on any atom is -0.465 e. The van der Waals surface area contributed by atoms with E-state index in [1.165, 1.54) is 5.56 Å². The molecule has 2 aromatic heterocycles. The summed E-state index contributed by atoms with van der Waals surface area (Å²) in [4.78, 5) is 0. The Hall–Kier alpha value is -2.04. The van der Waals surface area contributed by atoms with E-state index >= 15 is 0 Å². The van der Waals surface area contributed by atoms with Crippen LogP contribution in [0.3, 0.4) is 0 Å². The molecule has 0 fully saturated rings. The van der Waals surface area contributed by atoms with E-state index in [-0.39, 0.29) is 18.4 Å². The summed E-state index contributed by atoms with van der Waals surface area (Å²) in [5.41, 5.74) is 2.31. The minimum atomic E-state index is 0. The van der Waals surface area contributed by atoms with Gasteiger partial charge in [-0.1, -0.05) is 12.1 Å². The van der Waals surface area contributed by atoms with Crippen molar-refractivity contribution in [3.8, 4) is 5.69 Å². The van der Waals surface area contributed by atoms with Crippen molar-refractivity contribution in [3.05, 3.63) is 71.9 Å². The van der Waals surface area contributed by atoms with Gasteiger partial charge in [-0.15, -0.1) is 12.4 Å². The largest absolute Gasteiger partial charge is 0.465 e. The van der Waals surface area contributed by atoms with Gasteiger partial charge in [0.1, 0.15) is 11.5 Å². The first-order chi connectivity index (χ1) is 10.2. The van der Waals surface area contributed by atoms with Gasteiger partial charge in [0.2, 0.25) is 0 Å². The number of halogens is 1. The molecule has 0 aliphatic carbocycles. The topological polar surface area (TPSA) is 43.0 Å². The van der Waals surface area contributed by atoms with Crippen molar-refractivity contribution in [1.29, 1.82) is 0 Å². The van der Waals surface area contributed by atoms with Crippen molar-refractivity contribution >= 4 is 12.4 Å². The molecule has 1 aromatic carbocycles. The Morgan fingerprint density at radius 2 is 1.95 bits per heavy atom. The van der Waals surface area contributed by atoms with Crippen LogP contribution in [0.15, 0.2) is 59.3 Å². The summed E-state index contributed by atoms with van der Waals surface area (Å²) in [6, 6.07) is 14.5. The molecule has 0 saturated carbocycles. The lowest BCUT2D eigenvalue weighted by Crippen LogP contribution is -2.17. The molecule has 3 aromatic rings. The van der Waals surface area contributed by atoms with Crippen LogP contribution in [0.1, 0.15) is 30.0 Å². The third-order valence-corrected chi connectivity index (χ3v) is 3.51. The molecule has 1 N–H and O–H groups in total. The van der Waals surface area contributed by atoms with Crippen molar-refractivity contribution in [1.82, 2.24) is 15.1 Å². The molecule has 0 amide bonds. The lowest BCUT2D eigenvalue weighted by molar-refractivity contribution is 0.416. The summed E-state index contributed by atoms with van der Waals surface area (Å²) >= 11 is 0. The third-order valence-electron chi connectivity index (χ3n) is 3.51. The van der Waals surface area contributed by atoms with Crippen LogP contribution in [0, 0.1) is 6.92 Å². The lowest BCUT2D eigenvalue weighted by Gasteiger charge is -2.11. The summed E-state index contributed by atoms with van der Waals surface area (Å²) in [5.74, 6) is 1.92. The van der Waals surface area contributed by atoms with Crippen molar-refractivity contribution in [2.24, 2.45) is 0 Å². The van der Waals surface area contributed by atoms with Gasteiger partial charge in [-0.2, -0.15) is 5.10 Å². The first-order valence-corrected chi connectivity index (χ1v) is 7.11. The average Bonchev–Trinajstić information content (AvgIpc) is 3.16. The van der Waals surface area contributed by atoms with E-state index in [0.717, 1.165) is 23.8 Å². The number of furan rings is 1. The number of benzene rings is 1. The zero-order chi connectivity index (χ0) is 14.7. The smallest absolute Gasteiger partial charge is 0.120 e. The standard InChI is InChI=1S/C17H19N3O.ClH/c1-13-4-9-17(21-13)14(2)18-12-15-5-7-16(8-6-15)20-11-3-10-19-20;/h3-11,14,18H,12H2,1-2H3;1H. The number of hydrogen-bond donors (Lipinski definition) is 1. The maximum Gasteiger partial charge on any atom is 0.120 e. The molecular weight excluding hydrogens is 298 g/mol. The van der Waals surface area contributed by atoms with Gasteiger partial charge in [0.25, 0.3) is 0 Å². The van der Waals surface area contributed by atoms with E-state index < -0.39 is 0 Å². The molecule has 0 spiro atoms. The molecule has 1 atom stereocenters. The molecule has 2 heterocycles. The van der Waals surface area contributed by atoms with Crippen LogP contribution in [0.4, 0.5) is 0 Å². The molecule has 22 heavy (non-hydrogen) atoms. The van der Waals surface area contributed by atoms with Gasteiger partial charge in [-0.25, -0.2) is 4.68 Å². The molecule has 0 saturated heterocycles. The maximum atomic E-state index is 5.63. The van der Waals surface area contributed by atoms with Crippen molar-refractivity contribution in [2.45, 2.75) is 26.4 Å². The van der Waals surface area contributed by atoms with E-state index in [1.54, 1.807) is 6.20 Å². The van der Waals surface area contributed by atoms with Gasteiger partial charge in [0, 0.05) is 18.9 Å². The predicted molar refractivity (Wildman–Crippen MR) is 89.5 cm³/mol. The van der Waals surface area contributed by atoms with Gasteiger partial charge >= 0.3 is 0 Å². The lowest BCUT2D eigenvalue weighted by atomic mass is 10.2. The first kappa shape index (κ1) is 16.3. The van der Waals surface area contributed by atoms with Crippen LogP contribution in [-0.2, 0) is 6.54 Å². The highest BCUT2D eigenvalue weighted by Crippen LogP contribution is 2.16. The molecule has 0 aliphatic rings. The molecular formula is C17H20ClN3O. The molecule has 0 aliphatic heterocycles. The quantitative estimate of drug-likeness (QED) is 0.772. The third kappa shape index (κ3) is 3.78. The second kappa shape index (κ2) is 7.29. The predicted octanol–water partition coefficient (Wildman–Crippen LogP) is 4.05. The fourth-order valence-electron chi connectivity index (χ4n) is 2.25. The summed E-state index contributed by atoms with van der Waals surface area (Å²) in [7, 11) is 0. The van der Waals surface area contributed by atoms with Gasteiger partial charge < -0.3 is 9.73 Å². The second-order valence-electron chi connectivity index (χ2n) is 5.17. The molecule has 5 heteroatoms. The number of hydrogen-bond acceptors (Lipinski definition) is 3. The fraction of sp³-hybridized carbons (Fsp3) is 0.235. The van der Waals surface area contributed by atoms with Gasteiger partial charge in [0.15, 0.2) is 0 Å². The number of rotatable bonds is 5. The number of nitrogens with one attached hydrogen (secondary N) is 1. The van der Waals surface area contributed by atoms with E-state index in [1.807, 2.05) is 36.0 Å². The number of aromatic nitrogens is 2. The van der Waals surface area contributed by atoms with Crippen molar-refractivity contribution < 1.29 is 4.42 Å². The first-order valence-electron chi connectivity index (χ1n) is 7.11. The Labute approximate surface area is 136 Å². The highest BCUT2D eigenvalue weighted by atomic mass is 35.5. The molecule has 116 valence electrons. The molecule has 0 radical (unpaired) electrons. The van der Waals surface area contributed by atoms with E-state index in [9.17, 15) is 0 Å². The van der Waals surface area contributed by atoms with Crippen LogP contribution in [-0.4, -0.2) is 9.78 Å². The van der Waals surface area contributed by atoms with Gasteiger partial charge in [0.05, 0.1) is 11.7 Å².